The van der Waals surface area contributed by atoms with Crippen molar-refractivity contribution in [1.29, 1.82) is 0 Å². The first kappa shape index (κ1) is 23.3. The van der Waals surface area contributed by atoms with Gasteiger partial charge in [-0.3, -0.25) is 9.52 Å². The van der Waals surface area contributed by atoms with Crippen molar-refractivity contribution in [2.45, 2.75) is 18.7 Å². The molecule has 0 fully saturated rings. The molecule has 3 aromatic carbocycles. The Morgan fingerprint density at radius 1 is 1.03 bits per heavy atom. The van der Waals surface area contributed by atoms with E-state index in [1.165, 1.54) is 30.5 Å². The van der Waals surface area contributed by atoms with Gasteiger partial charge in [0.1, 0.15) is 5.75 Å². The fourth-order valence-electron chi connectivity index (χ4n) is 3.39. The molecule has 0 aliphatic carbocycles. The summed E-state index contributed by atoms with van der Waals surface area (Å²) in [6, 6.07) is 17.5. The first-order chi connectivity index (χ1) is 16.1. The van der Waals surface area contributed by atoms with Crippen LogP contribution < -0.4 is 10.0 Å². The molecule has 0 saturated heterocycles. The zero-order chi connectivity index (χ0) is 24.5. The highest BCUT2D eigenvalue weighted by atomic mass is 35.5. The minimum Gasteiger partial charge on any atom is -0.506 e. The number of hydrogen-bond acceptors (Lipinski definition) is 5. The number of aromatic hydroxyl groups is 1. The summed E-state index contributed by atoms with van der Waals surface area (Å²) in [5.74, 6) is -0.817. The summed E-state index contributed by atoms with van der Waals surface area (Å²) < 4.78 is 29.7. The van der Waals surface area contributed by atoms with Gasteiger partial charge in [0.2, 0.25) is 0 Å². The van der Waals surface area contributed by atoms with Crippen LogP contribution in [0.4, 0.5) is 11.4 Å². The van der Waals surface area contributed by atoms with E-state index in [0.717, 1.165) is 11.3 Å². The van der Waals surface area contributed by atoms with Gasteiger partial charge in [-0.15, -0.1) is 0 Å². The molecule has 174 valence electrons. The molecule has 0 saturated carbocycles. The highest BCUT2D eigenvalue weighted by molar-refractivity contribution is 7.92. The summed E-state index contributed by atoms with van der Waals surface area (Å²) in [6.07, 6.45) is 1.42. The van der Waals surface area contributed by atoms with E-state index in [-0.39, 0.29) is 27.6 Å². The molecule has 0 radical (unpaired) electrons. The molecule has 0 bridgehead atoms. The first-order valence-electron chi connectivity index (χ1n) is 10.2. The van der Waals surface area contributed by atoms with Crippen LogP contribution in [0.1, 0.15) is 21.6 Å². The number of aromatic nitrogens is 2. The van der Waals surface area contributed by atoms with E-state index < -0.39 is 15.9 Å². The minimum absolute atomic E-state index is 0.0540. The second-order valence-electron chi connectivity index (χ2n) is 7.64. The summed E-state index contributed by atoms with van der Waals surface area (Å²) in [6.45, 7) is 3.71. The van der Waals surface area contributed by atoms with Crippen LogP contribution in [0.25, 0.3) is 5.69 Å². The van der Waals surface area contributed by atoms with E-state index in [4.69, 9.17) is 11.6 Å². The monoisotopic (exact) mass is 496 g/mol. The number of carbonyl (C=O) groups is 1. The number of phenols is 1. The number of rotatable bonds is 6. The number of halogens is 1. The van der Waals surface area contributed by atoms with Gasteiger partial charge in [0.15, 0.2) is 0 Å². The third-order valence-corrected chi connectivity index (χ3v) is 6.72. The summed E-state index contributed by atoms with van der Waals surface area (Å²) in [5, 5.41) is 17.5. The van der Waals surface area contributed by atoms with Crippen LogP contribution in [0.5, 0.6) is 5.75 Å². The van der Waals surface area contributed by atoms with Crippen molar-refractivity contribution < 1.29 is 18.3 Å². The molecule has 4 rings (SSSR count). The molecular formula is C24H21ClN4O4S. The highest BCUT2D eigenvalue weighted by Crippen LogP contribution is 2.29. The maximum Gasteiger partial charge on any atom is 0.261 e. The van der Waals surface area contributed by atoms with Gasteiger partial charge in [-0.2, -0.15) is 5.10 Å². The molecule has 34 heavy (non-hydrogen) atoms. The maximum absolute atomic E-state index is 12.9. The summed E-state index contributed by atoms with van der Waals surface area (Å²) in [4.78, 5) is 12.8. The van der Waals surface area contributed by atoms with Gasteiger partial charge in [0.25, 0.3) is 15.9 Å². The maximum atomic E-state index is 12.9. The van der Waals surface area contributed by atoms with Crippen LogP contribution in [0.2, 0.25) is 5.02 Å². The fourth-order valence-corrected chi connectivity index (χ4v) is 4.66. The predicted molar refractivity (Wildman–Crippen MR) is 131 cm³/mol. The number of amides is 1. The Bertz CT molecular complexity index is 1500. The van der Waals surface area contributed by atoms with Crippen LogP contribution in [-0.2, 0) is 10.0 Å². The summed E-state index contributed by atoms with van der Waals surface area (Å²) in [5.41, 5.74) is 2.96. The Morgan fingerprint density at radius 3 is 2.53 bits per heavy atom. The van der Waals surface area contributed by atoms with E-state index in [0.29, 0.717) is 10.7 Å². The highest BCUT2D eigenvalue weighted by Gasteiger charge is 2.20. The number of phenolic OH excluding ortho intramolecular Hbond substituents is 1. The smallest absolute Gasteiger partial charge is 0.261 e. The average Bonchev–Trinajstić information content (AvgIpc) is 3.16. The summed E-state index contributed by atoms with van der Waals surface area (Å²) >= 11 is 5.92. The van der Waals surface area contributed by atoms with Crippen LogP contribution in [-0.4, -0.2) is 29.2 Å². The third-order valence-electron chi connectivity index (χ3n) is 5.10. The number of nitrogens with zero attached hydrogens (tertiary/aromatic N) is 2. The molecule has 0 spiro atoms. The zero-order valence-electron chi connectivity index (χ0n) is 18.3. The van der Waals surface area contributed by atoms with Gasteiger partial charge in [-0.1, -0.05) is 29.8 Å². The second-order valence-corrected chi connectivity index (χ2v) is 9.76. The van der Waals surface area contributed by atoms with Crippen LogP contribution >= 0.6 is 11.6 Å². The molecule has 1 amide bonds. The molecule has 1 aromatic heterocycles. The molecular weight excluding hydrogens is 476 g/mol. The van der Waals surface area contributed by atoms with Gasteiger partial charge in [0, 0.05) is 5.02 Å². The van der Waals surface area contributed by atoms with Crippen LogP contribution in [0.15, 0.2) is 77.8 Å². The molecule has 10 heteroatoms. The van der Waals surface area contributed by atoms with E-state index in [2.05, 4.69) is 15.1 Å². The molecule has 0 unspecified atom stereocenters. The number of aryl methyl sites for hydroxylation is 1. The molecule has 1 heterocycles. The normalized spacial score (nSPS) is 11.3. The van der Waals surface area contributed by atoms with Crippen LogP contribution in [0.3, 0.4) is 0 Å². The second kappa shape index (κ2) is 9.20. The fraction of sp³-hybridized carbons (Fsp3) is 0.0833. The lowest BCUT2D eigenvalue weighted by Crippen LogP contribution is -2.16. The van der Waals surface area contributed by atoms with Gasteiger partial charge in [-0.05, 0) is 67.9 Å². The van der Waals surface area contributed by atoms with Crippen molar-refractivity contribution >= 4 is 38.9 Å². The predicted octanol–water partition coefficient (Wildman–Crippen LogP) is 4.90. The lowest BCUT2D eigenvalue weighted by atomic mass is 10.2. The standard InChI is InChI=1S/C24H21ClN4O4S/c1-15-5-3-8-19(11-15)29-16(2)21(14-26-29)24(31)27-22-13-20(9-10-23(22)30)34(32,33)28-18-7-4-6-17(25)12-18/h3-14,28,30H,1-2H3,(H,27,31). The number of hydrogen-bond donors (Lipinski definition) is 3. The van der Waals surface area contributed by atoms with Crippen molar-refractivity contribution in [3.05, 3.63) is 94.8 Å². The Balaban J connectivity index is 1.59. The molecule has 0 aliphatic rings. The largest absolute Gasteiger partial charge is 0.506 e. The molecule has 3 N–H and O–H groups in total. The van der Waals surface area contributed by atoms with E-state index >= 15 is 0 Å². The Kier molecular flexibility index (Phi) is 6.32. The lowest BCUT2D eigenvalue weighted by molar-refractivity contribution is 0.102. The minimum atomic E-state index is -4.00. The number of nitrogens with one attached hydrogen (secondary N) is 2. The van der Waals surface area contributed by atoms with E-state index in [9.17, 15) is 18.3 Å². The zero-order valence-corrected chi connectivity index (χ0v) is 19.9. The SMILES string of the molecule is Cc1cccc(-n2ncc(C(=O)Nc3cc(S(=O)(=O)Nc4cccc(Cl)c4)ccc3O)c2C)c1. The van der Waals surface area contributed by atoms with Crippen molar-refractivity contribution in [1.82, 2.24) is 9.78 Å². The van der Waals surface area contributed by atoms with Gasteiger partial charge in [-0.25, -0.2) is 13.1 Å². The van der Waals surface area contributed by atoms with E-state index in [1.54, 1.807) is 29.8 Å². The molecule has 4 aromatic rings. The summed E-state index contributed by atoms with van der Waals surface area (Å²) in [7, 11) is -4.00. The first-order valence-corrected chi connectivity index (χ1v) is 12.0. The topological polar surface area (TPSA) is 113 Å². The number of anilines is 2. The molecule has 0 atom stereocenters. The van der Waals surface area contributed by atoms with Crippen molar-refractivity contribution in [2.24, 2.45) is 0 Å². The Hall–Kier alpha value is -3.82. The van der Waals surface area contributed by atoms with Crippen molar-refractivity contribution in [2.75, 3.05) is 10.0 Å². The average molecular weight is 497 g/mol. The number of carbonyl (C=O) groups excluding carboxylic acids is 1. The van der Waals surface area contributed by atoms with E-state index in [1.807, 2.05) is 31.2 Å². The Labute approximate surface area is 201 Å². The molecule has 0 aliphatic heterocycles. The van der Waals surface area contributed by atoms with Crippen molar-refractivity contribution in [3.63, 3.8) is 0 Å². The quantitative estimate of drug-likeness (QED) is 0.328. The number of sulfonamides is 1. The lowest BCUT2D eigenvalue weighted by Gasteiger charge is -2.12. The van der Waals surface area contributed by atoms with Gasteiger partial charge < -0.3 is 10.4 Å². The van der Waals surface area contributed by atoms with Gasteiger partial charge >= 0.3 is 0 Å². The van der Waals surface area contributed by atoms with Crippen molar-refractivity contribution in [3.8, 4) is 11.4 Å². The Morgan fingerprint density at radius 2 is 1.79 bits per heavy atom. The molecule has 8 nitrogen and oxygen atoms in total. The van der Waals surface area contributed by atoms with Crippen LogP contribution in [0, 0.1) is 13.8 Å². The third kappa shape index (κ3) is 4.90. The van der Waals surface area contributed by atoms with Gasteiger partial charge in [0.05, 0.1) is 39.4 Å². The number of benzene rings is 3.